The lowest BCUT2D eigenvalue weighted by Gasteiger charge is -2.25. The molecule has 0 saturated carbocycles. The van der Waals surface area contributed by atoms with Gasteiger partial charge in [-0.05, 0) is 50.6 Å². The van der Waals surface area contributed by atoms with Crippen LogP contribution >= 0.6 is 27.3 Å². The van der Waals surface area contributed by atoms with Crippen LogP contribution < -0.4 is 24.4 Å². The molecule has 1 aliphatic heterocycles. The highest BCUT2D eigenvalue weighted by atomic mass is 79.9. The molecule has 15 heteroatoms. The molecule has 1 aromatic heterocycles. The summed E-state index contributed by atoms with van der Waals surface area (Å²) in [5, 5.41) is 22.0. The number of carbonyl (C=O) groups is 2. The van der Waals surface area contributed by atoms with Crippen molar-refractivity contribution in [2.24, 2.45) is 4.99 Å². The van der Waals surface area contributed by atoms with Gasteiger partial charge < -0.3 is 24.1 Å². The Kier molecular flexibility index (Phi) is 9.66. The number of allylic oxidation sites excluding steroid dienone is 1. The summed E-state index contributed by atoms with van der Waals surface area (Å²) in [6.45, 7) is 5.01. The van der Waals surface area contributed by atoms with Gasteiger partial charge in [-0.1, -0.05) is 33.3 Å². The molecule has 1 atom stereocenters. The molecule has 13 nitrogen and oxygen atoms in total. The number of phenolic OH excluding ortho intramolecular Hbond substituents is 1. The van der Waals surface area contributed by atoms with Gasteiger partial charge in [-0.15, -0.1) is 0 Å². The molecule has 226 valence electrons. The van der Waals surface area contributed by atoms with Gasteiger partial charge in [0, 0.05) is 16.1 Å². The number of methoxy groups -OCH3 is 1. The second-order valence-corrected chi connectivity index (χ2v) is 10.9. The first-order valence-corrected chi connectivity index (χ1v) is 14.4. The number of nitrogens with zero attached hydrogens (tertiary/aromatic N) is 3. The minimum Gasteiger partial charge on any atom is -0.502 e. The summed E-state index contributed by atoms with van der Waals surface area (Å²) in [5.74, 6) is -1.37. The smallest absolute Gasteiger partial charge is 0.343 e. The number of hydrogen-bond donors (Lipinski definition) is 1. The summed E-state index contributed by atoms with van der Waals surface area (Å²) in [4.78, 5) is 54.2. The summed E-state index contributed by atoms with van der Waals surface area (Å²) in [7, 11) is 1.24. The van der Waals surface area contributed by atoms with Gasteiger partial charge in [0.1, 0.15) is 0 Å². The van der Waals surface area contributed by atoms with Crippen molar-refractivity contribution in [3.05, 3.63) is 87.0 Å². The molecule has 1 aliphatic rings. The van der Waals surface area contributed by atoms with E-state index in [-0.39, 0.29) is 51.8 Å². The molecule has 1 N–H and O–H groups in total. The van der Waals surface area contributed by atoms with Crippen molar-refractivity contribution >= 4 is 51.0 Å². The summed E-state index contributed by atoms with van der Waals surface area (Å²) in [5.41, 5.74) is -0.165. The molecule has 0 amide bonds. The van der Waals surface area contributed by atoms with Crippen molar-refractivity contribution < 1.29 is 38.6 Å². The van der Waals surface area contributed by atoms with E-state index in [1.165, 1.54) is 23.8 Å². The van der Waals surface area contributed by atoms with E-state index in [1.807, 2.05) is 0 Å². The Labute approximate surface area is 256 Å². The molecular formula is C28H26BrN3O10S. The van der Waals surface area contributed by atoms with E-state index in [0.29, 0.717) is 15.7 Å². The third kappa shape index (κ3) is 6.46. The van der Waals surface area contributed by atoms with Crippen LogP contribution in [0.4, 0.5) is 5.69 Å². The molecule has 0 unspecified atom stereocenters. The summed E-state index contributed by atoms with van der Waals surface area (Å²) in [6, 6.07) is 6.36. The highest BCUT2D eigenvalue weighted by Gasteiger charge is 2.34. The van der Waals surface area contributed by atoms with Crippen LogP contribution in [0.1, 0.15) is 37.9 Å². The lowest BCUT2D eigenvalue weighted by molar-refractivity contribution is -0.385. The van der Waals surface area contributed by atoms with Gasteiger partial charge in [-0.25, -0.2) is 14.6 Å². The largest absolute Gasteiger partial charge is 0.502 e. The molecule has 0 radical (unpaired) electrons. The van der Waals surface area contributed by atoms with E-state index in [2.05, 4.69) is 25.7 Å². The lowest BCUT2D eigenvalue weighted by Crippen LogP contribution is -2.40. The van der Waals surface area contributed by atoms with Crippen molar-refractivity contribution in [3.63, 3.8) is 0 Å². The van der Waals surface area contributed by atoms with E-state index in [1.54, 1.807) is 39.0 Å². The van der Waals surface area contributed by atoms with Crippen LogP contribution in [-0.2, 0) is 19.1 Å². The van der Waals surface area contributed by atoms with Crippen LogP contribution in [0.5, 0.6) is 17.2 Å². The Morgan fingerprint density at radius 1 is 1.19 bits per heavy atom. The van der Waals surface area contributed by atoms with E-state index >= 15 is 0 Å². The molecule has 4 rings (SSSR count). The maximum Gasteiger partial charge on any atom is 0.343 e. The normalized spacial score (nSPS) is 14.5. The minimum atomic E-state index is -1.00. The molecule has 0 saturated heterocycles. The molecule has 0 spiro atoms. The average molecular weight is 676 g/mol. The minimum absolute atomic E-state index is 0.0370. The monoisotopic (exact) mass is 675 g/mol. The first-order chi connectivity index (χ1) is 20.5. The predicted octanol–water partition coefficient (Wildman–Crippen LogP) is 3.13. The molecule has 43 heavy (non-hydrogen) atoms. The van der Waals surface area contributed by atoms with E-state index < -0.39 is 39.9 Å². The van der Waals surface area contributed by atoms with Crippen LogP contribution in [0.25, 0.3) is 6.08 Å². The maximum absolute atomic E-state index is 13.9. The maximum atomic E-state index is 13.9. The van der Waals surface area contributed by atoms with Crippen LogP contribution in [-0.4, -0.2) is 53.5 Å². The van der Waals surface area contributed by atoms with Crippen molar-refractivity contribution in [2.45, 2.75) is 26.8 Å². The van der Waals surface area contributed by atoms with Crippen LogP contribution in [0.3, 0.4) is 0 Å². The number of halogens is 1. The molecule has 0 aliphatic carbocycles. The fraction of sp³-hybridized carbons (Fsp3) is 0.286. The number of fused-ring (bicyclic) bond motifs is 1. The van der Waals surface area contributed by atoms with Gasteiger partial charge in [-0.2, -0.15) is 0 Å². The Morgan fingerprint density at radius 2 is 1.93 bits per heavy atom. The number of aromatic nitrogens is 1. The lowest BCUT2D eigenvalue weighted by atomic mass is 9.95. The number of nitro groups is 1. The Morgan fingerprint density at radius 3 is 2.58 bits per heavy atom. The molecule has 0 bridgehead atoms. The number of phenols is 1. The number of carbonyl (C=O) groups excluding carboxylic acids is 2. The van der Waals surface area contributed by atoms with Crippen LogP contribution in [0.15, 0.2) is 55.9 Å². The number of thiazole rings is 1. The first kappa shape index (κ1) is 31.4. The standard InChI is InChI=1S/C28H26BrN3O10S/c1-5-40-20-10-15(7-8-19(20)42-13-22(33)39-4)24-23(27(36)41-6-2)14(3)30-28-31(24)26(35)21(43-28)11-16-9-17(29)12-18(25(16)34)32(37)38/h7-12,24,34H,5-6,13H2,1-4H3/b21-11+/t24-/m1/s1. The quantitative estimate of drug-likeness (QED) is 0.191. The second-order valence-electron chi connectivity index (χ2n) is 8.93. The summed E-state index contributed by atoms with van der Waals surface area (Å²) in [6.07, 6.45) is 1.33. The van der Waals surface area contributed by atoms with E-state index in [0.717, 1.165) is 17.4 Å². The second kappa shape index (κ2) is 13.2. The van der Waals surface area contributed by atoms with Crippen LogP contribution in [0, 0.1) is 10.1 Å². The van der Waals surface area contributed by atoms with Gasteiger partial charge in [-0.3, -0.25) is 19.5 Å². The van der Waals surface area contributed by atoms with Gasteiger partial charge in [0.25, 0.3) is 5.56 Å². The molecule has 3 aromatic rings. The summed E-state index contributed by atoms with van der Waals surface area (Å²) < 4.78 is 23.0. The first-order valence-electron chi connectivity index (χ1n) is 12.8. The van der Waals surface area contributed by atoms with Crippen molar-refractivity contribution in [3.8, 4) is 17.2 Å². The highest BCUT2D eigenvalue weighted by Crippen LogP contribution is 2.37. The molecular weight excluding hydrogens is 650 g/mol. The third-order valence-electron chi connectivity index (χ3n) is 6.24. The Balaban J connectivity index is 1.94. The number of aromatic hydroxyl groups is 1. The number of nitro benzene ring substituents is 1. The number of benzene rings is 2. The van der Waals surface area contributed by atoms with E-state index in [9.17, 15) is 29.6 Å². The highest BCUT2D eigenvalue weighted by molar-refractivity contribution is 9.10. The molecule has 2 aromatic carbocycles. The van der Waals surface area contributed by atoms with Gasteiger partial charge in [0.15, 0.2) is 22.9 Å². The fourth-order valence-corrected chi connectivity index (χ4v) is 5.88. The molecule has 2 heterocycles. The van der Waals surface area contributed by atoms with Crippen molar-refractivity contribution in [1.82, 2.24) is 4.57 Å². The average Bonchev–Trinajstić information content (AvgIpc) is 3.27. The zero-order chi connectivity index (χ0) is 31.4. The Bertz CT molecular complexity index is 1830. The summed E-state index contributed by atoms with van der Waals surface area (Å²) >= 11 is 4.18. The number of ether oxygens (including phenoxy) is 4. The Hall–Kier alpha value is -4.50. The van der Waals surface area contributed by atoms with Crippen molar-refractivity contribution in [1.29, 1.82) is 0 Å². The van der Waals surface area contributed by atoms with Gasteiger partial charge >= 0.3 is 17.6 Å². The fourth-order valence-electron chi connectivity index (χ4n) is 4.38. The zero-order valence-electron chi connectivity index (χ0n) is 23.4. The van der Waals surface area contributed by atoms with Gasteiger partial charge in [0.05, 0.1) is 47.1 Å². The predicted molar refractivity (Wildman–Crippen MR) is 158 cm³/mol. The number of hydrogen-bond acceptors (Lipinski definition) is 12. The molecule has 0 fully saturated rings. The number of rotatable bonds is 10. The third-order valence-corrected chi connectivity index (χ3v) is 7.68. The van der Waals surface area contributed by atoms with E-state index in [4.69, 9.17) is 14.2 Å². The van der Waals surface area contributed by atoms with Crippen LogP contribution in [0.2, 0.25) is 0 Å². The zero-order valence-corrected chi connectivity index (χ0v) is 25.8. The number of esters is 2. The van der Waals surface area contributed by atoms with Gasteiger partial charge in [0.2, 0.25) is 5.75 Å². The van der Waals surface area contributed by atoms with Crippen molar-refractivity contribution in [2.75, 3.05) is 26.9 Å². The topological polar surface area (TPSA) is 169 Å². The SMILES string of the molecule is CCOC(=O)C1=C(C)N=c2s/c(=C/c3cc(Br)cc([N+](=O)[O-])c3O)c(=O)n2[C@@H]1c1ccc(OCC(=O)OC)c(OCC)c1.